The average Bonchev–Trinajstić information content (AvgIpc) is 3.24. The lowest BCUT2D eigenvalue weighted by Gasteiger charge is -2.13. The first-order valence-electron chi connectivity index (χ1n) is 10.5. The van der Waals surface area contributed by atoms with Crippen LogP contribution >= 0.6 is 11.3 Å². The maximum absolute atomic E-state index is 12.2. The molecule has 8 nitrogen and oxygen atoms in total. The number of aromatic nitrogens is 1. The molecule has 0 aliphatic rings. The van der Waals surface area contributed by atoms with Crippen LogP contribution in [0.2, 0.25) is 0 Å². The summed E-state index contributed by atoms with van der Waals surface area (Å²) in [5.74, 6) is -0.435. The summed E-state index contributed by atoms with van der Waals surface area (Å²) >= 11 is 1.32. The van der Waals surface area contributed by atoms with Crippen LogP contribution in [0, 0.1) is 13.8 Å². The number of rotatable bonds is 4. The van der Waals surface area contributed by atoms with Gasteiger partial charge in [0.05, 0.1) is 20.8 Å². The third-order valence-corrected chi connectivity index (χ3v) is 7.62. The number of nitrogens with zero attached hydrogens (tertiary/aromatic N) is 3. The smallest absolute Gasteiger partial charge is 0.152 e. The van der Waals surface area contributed by atoms with E-state index < -0.39 is 26.5 Å². The van der Waals surface area contributed by atoms with Crippen LogP contribution in [0.5, 0.6) is 5.75 Å². The van der Waals surface area contributed by atoms with Crippen LogP contribution in [0.3, 0.4) is 0 Å². The van der Waals surface area contributed by atoms with Crippen LogP contribution in [0.25, 0.3) is 31.6 Å². The zero-order valence-electron chi connectivity index (χ0n) is 18.7. The number of anilines is 1. The van der Waals surface area contributed by atoms with Crippen molar-refractivity contribution in [3.05, 3.63) is 71.8 Å². The Morgan fingerprint density at radius 2 is 1.71 bits per heavy atom. The van der Waals surface area contributed by atoms with Gasteiger partial charge >= 0.3 is 0 Å². The molecular formula is C25H19N4O4S2-. The average molecular weight is 504 g/mol. The van der Waals surface area contributed by atoms with Gasteiger partial charge in [-0.2, -0.15) is 5.11 Å². The van der Waals surface area contributed by atoms with E-state index in [1.807, 2.05) is 38.1 Å². The summed E-state index contributed by atoms with van der Waals surface area (Å²) in [7, 11) is -4.98. The second-order valence-corrected chi connectivity index (χ2v) is 10.5. The number of nitrogens with two attached hydrogens (primary N) is 1. The summed E-state index contributed by atoms with van der Waals surface area (Å²) < 4.78 is 37.2. The quantitative estimate of drug-likeness (QED) is 0.166. The van der Waals surface area contributed by atoms with E-state index >= 15 is 0 Å². The zero-order chi connectivity index (χ0) is 24.9. The minimum absolute atomic E-state index is 0.340. The summed E-state index contributed by atoms with van der Waals surface area (Å²) in [6.45, 7) is 3.77. The second kappa shape index (κ2) is 8.42. The van der Waals surface area contributed by atoms with E-state index in [1.54, 1.807) is 30.3 Å². The normalized spacial score (nSPS) is 12.2. The molecule has 0 saturated heterocycles. The molecule has 0 fully saturated rings. The largest absolute Gasteiger partial charge is 0.744 e. The lowest BCUT2D eigenvalue weighted by atomic mass is 10.1. The topological polar surface area (TPSA) is 141 Å². The Morgan fingerprint density at radius 3 is 2.40 bits per heavy atom. The van der Waals surface area contributed by atoms with Crippen molar-refractivity contribution >= 4 is 59.5 Å². The van der Waals surface area contributed by atoms with E-state index in [1.165, 1.54) is 17.4 Å². The van der Waals surface area contributed by atoms with Gasteiger partial charge in [-0.25, -0.2) is 13.4 Å². The molecule has 4 aromatic carbocycles. The lowest BCUT2D eigenvalue weighted by molar-refractivity contribution is 0.459. The van der Waals surface area contributed by atoms with Gasteiger partial charge in [-0.3, -0.25) is 0 Å². The SMILES string of the molecule is Cc1ccc(N=Nc2c(S(=O)(=O)[O-])cc3c(ccc4nc(-c5ccc(N)cc5)sc43)c2O)c(C)c1. The van der Waals surface area contributed by atoms with Crippen molar-refractivity contribution < 1.29 is 18.1 Å². The Morgan fingerprint density at radius 1 is 0.971 bits per heavy atom. The van der Waals surface area contributed by atoms with Crippen LogP contribution in [0.4, 0.5) is 17.1 Å². The van der Waals surface area contributed by atoms with Crippen molar-refractivity contribution in [1.82, 2.24) is 4.98 Å². The van der Waals surface area contributed by atoms with Crippen molar-refractivity contribution in [1.29, 1.82) is 0 Å². The highest BCUT2D eigenvalue weighted by Gasteiger charge is 2.20. The van der Waals surface area contributed by atoms with E-state index in [4.69, 9.17) is 5.73 Å². The molecule has 0 saturated carbocycles. The number of aryl methyl sites for hydroxylation is 2. The van der Waals surface area contributed by atoms with Crippen LogP contribution < -0.4 is 5.73 Å². The van der Waals surface area contributed by atoms with Gasteiger partial charge in [0, 0.05) is 22.0 Å². The van der Waals surface area contributed by atoms with Gasteiger partial charge in [0.25, 0.3) is 0 Å². The lowest BCUT2D eigenvalue weighted by Crippen LogP contribution is -1.99. The molecule has 0 aliphatic heterocycles. The summed E-state index contributed by atoms with van der Waals surface area (Å²) in [4.78, 5) is 3.98. The first-order valence-corrected chi connectivity index (χ1v) is 12.7. The van der Waals surface area contributed by atoms with Crippen molar-refractivity contribution in [2.24, 2.45) is 10.2 Å². The molecule has 0 atom stereocenters. The third-order valence-electron chi connectivity index (χ3n) is 5.62. The number of phenolic OH excluding ortho intramolecular Hbond substituents is 1. The Balaban J connectivity index is 1.73. The number of nitrogen functional groups attached to an aromatic ring is 1. The first-order chi connectivity index (χ1) is 16.6. The molecule has 1 aromatic heterocycles. The molecule has 0 spiro atoms. The van der Waals surface area contributed by atoms with Crippen LogP contribution in [0.15, 0.2) is 75.8 Å². The number of fused-ring (bicyclic) bond motifs is 3. The van der Waals surface area contributed by atoms with Gasteiger partial charge in [0.1, 0.15) is 20.8 Å². The maximum Gasteiger partial charge on any atom is 0.152 e. The highest BCUT2D eigenvalue weighted by atomic mass is 32.2. The predicted octanol–water partition coefficient (Wildman–Crippen LogP) is 6.34. The van der Waals surface area contributed by atoms with Crippen molar-refractivity contribution in [3.8, 4) is 16.3 Å². The molecule has 10 heteroatoms. The van der Waals surface area contributed by atoms with Gasteiger partial charge < -0.3 is 15.4 Å². The fraction of sp³-hybridized carbons (Fsp3) is 0.0800. The summed E-state index contributed by atoms with van der Waals surface area (Å²) in [6, 6.07) is 17.3. The van der Waals surface area contributed by atoms with Gasteiger partial charge in [0.15, 0.2) is 5.75 Å². The van der Waals surface area contributed by atoms with E-state index in [-0.39, 0.29) is 0 Å². The second-order valence-electron chi connectivity index (χ2n) is 8.17. The molecule has 176 valence electrons. The minimum atomic E-state index is -4.98. The van der Waals surface area contributed by atoms with Crippen molar-refractivity contribution in [3.63, 3.8) is 0 Å². The summed E-state index contributed by atoms with van der Waals surface area (Å²) in [6.07, 6.45) is 0. The minimum Gasteiger partial charge on any atom is -0.744 e. The number of thiazole rings is 1. The fourth-order valence-corrected chi connectivity index (χ4v) is 5.59. The number of benzene rings is 4. The number of phenols is 1. The summed E-state index contributed by atoms with van der Waals surface area (Å²) in [5.41, 5.74) is 9.80. The Kier molecular flexibility index (Phi) is 5.51. The molecule has 5 rings (SSSR count). The summed E-state index contributed by atoms with van der Waals surface area (Å²) in [5, 5.41) is 20.5. The van der Waals surface area contributed by atoms with E-state index in [2.05, 4.69) is 15.2 Å². The van der Waals surface area contributed by atoms with Gasteiger partial charge in [-0.15, -0.1) is 16.5 Å². The Labute approximate surface area is 205 Å². The van der Waals surface area contributed by atoms with Gasteiger partial charge in [0.2, 0.25) is 0 Å². The molecular weight excluding hydrogens is 484 g/mol. The van der Waals surface area contributed by atoms with Gasteiger partial charge in [-0.05, 0) is 67.9 Å². The van der Waals surface area contributed by atoms with Gasteiger partial charge in [-0.1, -0.05) is 17.7 Å². The molecule has 3 N–H and O–H groups in total. The number of hydrogen-bond acceptors (Lipinski definition) is 9. The number of aromatic hydroxyl groups is 1. The molecule has 0 unspecified atom stereocenters. The molecule has 5 aromatic rings. The van der Waals surface area contributed by atoms with E-state index in [0.29, 0.717) is 37.4 Å². The van der Waals surface area contributed by atoms with Crippen LogP contribution in [-0.4, -0.2) is 23.1 Å². The fourth-order valence-electron chi connectivity index (χ4n) is 3.86. The zero-order valence-corrected chi connectivity index (χ0v) is 20.3. The monoisotopic (exact) mass is 503 g/mol. The number of hydrogen-bond donors (Lipinski definition) is 2. The molecule has 0 bridgehead atoms. The molecule has 0 radical (unpaired) electrons. The van der Waals surface area contributed by atoms with Crippen LogP contribution in [-0.2, 0) is 10.1 Å². The third kappa shape index (κ3) is 4.23. The van der Waals surface area contributed by atoms with Crippen molar-refractivity contribution in [2.45, 2.75) is 18.7 Å². The standard InChI is InChI=1S/C25H20N4O4S2/c1-13-3-9-19(14(2)11-13)28-29-22-21(35(31,32)33)12-18-17(23(22)30)8-10-20-24(18)34-25(27-20)15-4-6-16(26)7-5-15/h3-12,30H,26H2,1-2H3,(H,31,32,33)/p-1. The van der Waals surface area contributed by atoms with E-state index in [9.17, 15) is 18.1 Å². The van der Waals surface area contributed by atoms with E-state index in [0.717, 1.165) is 16.7 Å². The molecule has 0 amide bonds. The van der Waals surface area contributed by atoms with Crippen molar-refractivity contribution in [2.75, 3.05) is 5.73 Å². The predicted molar refractivity (Wildman–Crippen MR) is 137 cm³/mol. The number of azo groups is 1. The molecule has 0 aliphatic carbocycles. The Bertz CT molecular complexity index is 1760. The maximum atomic E-state index is 12.2. The Hall–Kier alpha value is -3.86. The highest BCUT2D eigenvalue weighted by Crippen LogP contribution is 2.45. The molecule has 35 heavy (non-hydrogen) atoms. The first kappa shape index (κ1) is 22.9. The molecule has 1 heterocycles. The van der Waals surface area contributed by atoms with Crippen LogP contribution in [0.1, 0.15) is 11.1 Å². The highest BCUT2D eigenvalue weighted by molar-refractivity contribution is 7.86.